The Morgan fingerprint density at radius 3 is 2.39 bits per heavy atom. The molecular weight excluding hydrogens is 312 g/mol. The maximum atomic E-state index is 12.3. The Morgan fingerprint density at radius 1 is 1.09 bits per heavy atom. The van der Waals surface area contributed by atoms with E-state index in [4.69, 9.17) is 0 Å². The van der Waals surface area contributed by atoms with Gasteiger partial charge >= 0.3 is 5.69 Å². The van der Waals surface area contributed by atoms with Crippen LogP contribution in [0.2, 0.25) is 0 Å². The van der Waals surface area contributed by atoms with Crippen LogP contribution >= 0.6 is 11.8 Å². The zero-order valence-electron chi connectivity index (χ0n) is 13.7. The van der Waals surface area contributed by atoms with Crippen LogP contribution in [0.1, 0.15) is 11.1 Å². The number of hydrogen-bond acceptors (Lipinski definition) is 5. The van der Waals surface area contributed by atoms with Crippen LogP contribution in [0.3, 0.4) is 0 Å². The molecule has 6 nitrogen and oxygen atoms in total. The summed E-state index contributed by atoms with van der Waals surface area (Å²) in [5.41, 5.74) is 2.28. The van der Waals surface area contributed by atoms with Gasteiger partial charge in [-0.25, -0.2) is 4.79 Å². The van der Waals surface area contributed by atoms with Crippen molar-refractivity contribution in [1.29, 1.82) is 0 Å². The highest BCUT2D eigenvalue weighted by molar-refractivity contribution is 7.99. The molecule has 7 heteroatoms. The van der Waals surface area contributed by atoms with Crippen LogP contribution in [0.4, 0.5) is 11.5 Å². The first-order valence-electron chi connectivity index (χ1n) is 7.36. The zero-order chi connectivity index (χ0) is 16.7. The highest BCUT2D eigenvalue weighted by atomic mass is 32.2. The summed E-state index contributed by atoms with van der Waals surface area (Å²) in [6.07, 6.45) is 0. The lowest BCUT2D eigenvalue weighted by Gasteiger charge is -2.22. The normalized spacial score (nSPS) is 16.3. The molecule has 0 fully saturated rings. The summed E-state index contributed by atoms with van der Waals surface area (Å²) < 4.78 is 2.64. The predicted octanol–water partition coefficient (Wildman–Crippen LogP) is 1.47. The van der Waals surface area contributed by atoms with Gasteiger partial charge in [0.1, 0.15) is 17.0 Å². The monoisotopic (exact) mass is 332 g/mol. The van der Waals surface area contributed by atoms with Gasteiger partial charge in [-0.05, 0) is 12.5 Å². The molecule has 0 bridgehead atoms. The summed E-state index contributed by atoms with van der Waals surface area (Å²) in [5, 5.41) is 3.24. The second-order valence-corrected chi connectivity index (χ2v) is 6.88. The predicted molar refractivity (Wildman–Crippen MR) is 95.2 cm³/mol. The van der Waals surface area contributed by atoms with E-state index in [1.54, 1.807) is 18.8 Å². The minimum Gasteiger partial charge on any atom is -0.349 e. The summed E-state index contributed by atoms with van der Waals surface area (Å²) >= 11 is 1.69. The van der Waals surface area contributed by atoms with E-state index in [1.807, 2.05) is 11.9 Å². The lowest BCUT2D eigenvalue weighted by atomic mass is 10.2. The Labute approximate surface area is 138 Å². The van der Waals surface area contributed by atoms with Crippen molar-refractivity contribution in [2.24, 2.45) is 14.1 Å². The fourth-order valence-electron chi connectivity index (χ4n) is 2.72. The molecule has 1 N–H and O–H groups in total. The van der Waals surface area contributed by atoms with E-state index in [9.17, 15) is 9.59 Å². The third-order valence-electron chi connectivity index (χ3n) is 4.12. The zero-order valence-corrected chi connectivity index (χ0v) is 14.5. The molecule has 1 aliphatic rings. The SMILES string of the molecule is Cc1ccc(CSC2Nc3c(n(C)c(=O)n(C)c3=O)N2C)cc1. The van der Waals surface area contributed by atoms with Crippen LogP contribution in [0, 0.1) is 6.92 Å². The molecule has 122 valence electrons. The summed E-state index contributed by atoms with van der Waals surface area (Å²) in [6.45, 7) is 2.07. The van der Waals surface area contributed by atoms with Crippen LogP contribution in [-0.4, -0.2) is 21.7 Å². The molecular formula is C16H20N4O2S. The first-order chi connectivity index (χ1) is 10.9. The van der Waals surface area contributed by atoms with Crippen molar-refractivity contribution in [3.63, 3.8) is 0 Å². The van der Waals surface area contributed by atoms with E-state index in [2.05, 4.69) is 36.5 Å². The van der Waals surface area contributed by atoms with E-state index in [0.717, 1.165) is 10.3 Å². The third-order valence-corrected chi connectivity index (χ3v) is 5.37. The molecule has 1 atom stereocenters. The smallest absolute Gasteiger partial charge is 0.332 e. The molecule has 2 aromatic rings. The van der Waals surface area contributed by atoms with E-state index in [0.29, 0.717) is 11.5 Å². The van der Waals surface area contributed by atoms with Crippen molar-refractivity contribution < 1.29 is 0 Å². The minimum atomic E-state index is -0.313. The number of nitrogens with one attached hydrogen (secondary N) is 1. The highest BCUT2D eigenvalue weighted by Crippen LogP contribution is 2.34. The Bertz CT molecular complexity index is 854. The van der Waals surface area contributed by atoms with Crippen LogP contribution in [-0.2, 0) is 19.8 Å². The van der Waals surface area contributed by atoms with E-state index in [-0.39, 0.29) is 16.7 Å². The summed E-state index contributed by atoms with van der Waals surface area (Å²) in [7, 11) is 5.08. The number of aryl methyl sites for hydroxylation is 1. The van der Waals surface area contributed by atoms with Gasteiger partial charge in [0.2, 0.25) is 0 Å². The van der Waals surface area contributed by atoms with Crippen molar-refractivity contribution >= 4 is 23.3 Å². The van der Waals surface area contributed by atoms with Gasteiger partial charge in [-0.2, -0.15) is 0 Å². The molecule has 1 aromatic heterocycles. The molecule has 0 spiro atoms. The number of fused-ring (bicyclic) bond motifs is 1. The number of rotatable bonds is 3. The first kappa shape index (κ1) is 15.7. The van der Waals surface area contributed by atoms with Gasteiger partial charge in [-0.1, -0.05) is 29.8 Å². The number of aromatic nitrogens is 2. The maximum absolute atomic E-state index is 12.3. The van der Waals surface area contributed by atoms with Gasteiger partial charge in [0.15, 0.2) is 0 Å². The fourth-order valence-corrected chi connectivity index (χ4v) is 3.78. The topological polar surface area (TPSA) is 59.3 Å². The molecule has 0 aliphatic carbocycles. The molecule has 0 radical (unpaired) electrons. The Morgan fingerprint density at radius 2 is 1.74 bits per heavy atom. The molecule has 23 heavy (non-hydrogen) atoms. The molecule has 1 aliphatic heterocycles. The van der Waals surface area contributed by atoms with Crippen molar-refractivity contribution in [1.82, 2.24) is 9.13 Å². The van der Waals surface area contributed by atoms with Crippen molar-refractivity contribution in [2.45, 2.75) is 18.2 Å². The molecule has 0 saturated heterocycles. The van der Waals surface area contributed by atoms with Crippen LogP contribution in [0.15, 0.2) is 33.9 Å². The number of hydrogen-bond donors (Lipinski definition) is 1. The molecule has 0 amide bonds. The van der Waals surface area contributed by atoms with Crippen LogP contribution in [0.25, 0.3) is 0 Å². The molecule has 1 aromatic carbocycles. The molecule has 2 heterocycles. The maximum Gasteiger partial charge on any atom is 0.332 e. The van der Waals surface area contributed by atoms with E-state index >= 15 is 0 Å². The molecule has 0 saturated carbocycles. The van der Waals surface area contributed by atoms with Crippen LogP contribution < -0.4 is 21.5 Å². The van der Waals surface area contributed by atoms with Gasteiger partial charge in [0.05, 0.1) is 0 Å². The van der Waals surface area contributed by atoms with Gasteiger partial charge in [0, 0.05) is 26.9 Å². The molecule has 3 rings (SSSR count). The van der Waals surface area contributed by atoms with Crippen molar-refractivity contribution in [3.05, 3.63) is 56.2 Å². The summed E-state index contributed by atoms with van der Waals surface area (Å²) in [5.74, 6) is 1.46. The van der Waals surface area contributed by atoms with Gasteiger partial charge < -0.3 is 10.2 Å². The Balaban J connectivity index is 1.84. The lowest BCUT2D eigenvalue weighted by molar-refractivity contribution is 0.689. The summed E-state index contributed by atoms with van der Waals surface area (Å²) in [4.78, 5) is 26.3. The number of anilines is 2. The first-order valence-corrected chi connectivity index (χ1v) is 8.41. The standard InChI is InChI=1S/C16H20N4O2S/c1-10-5-7-11(8-6-10)9-23-15-17-12-13(18(15)2)19(3)16(22)20(4)14(12)21/h5-8,15,17H,9H2,1-4H3. The van der Waals surface area contributed by atoms with Crippen molar-refractivity contribution in [2.75, 3.05) is 17.3 Å². The lowest BCUT2D eigenvalue weighted by Crippen LogP contribution is -2.38. The van der Waals surface area contributed by atoms with Crippen molar-refractivity contribution in [3.8, 4) is 0 Å². The second-order valence-electron chi connectivity index (χ2n) is 5.81. The van der Waals surface area contributed by atoms with Gasteiger partial charge in [-0.3, -0.25) is 13.9 Å². The number of thioether (sulfide) groups is 1. The third kappa shape index (κ3) is 2.65. The Kier molecular flexibility index (Phi) is 3.97. The average molecular weight is 332 g/mol. The average Bonchev–Trinajstić information content (AvgIpc) is 2.87. The fraction of sp³-hybridized carbons (Fsp3) is 0.375. The second kappa shape index (κ2) is 5.81. The van der Waals surface area contributed by atoms with Crippen LogP contribution in [0.5, 0.6) is 0 Å². The largest absolute Gasteiger partial charge is 0.349 e. The number of nitrogens with zero attached hydrogens (tertiary/aromatic N) is 3. The minimum absolute atomic E-state index is 0.0768. The van der Waals surface area contributed by atoms with E-state index in [1.165, 1.54) is 22.7 Å². The molecule has 1 unspecified atom stereocenters. The quantitative estimate of drug-likeness (QED) is 0.922. The Hall–Kier alpha value is -2.15. The van der Waals surface area contributed by atoms with Gasteiger partial charge in [-0.15, -0.1) is 11.8 Å². The highest BCUT2D eigenvalue weighted by Gasteiger charge is 2.31. The summed E-state index contributed by atoms with van der Waals surface area (Å²) in [6, 6.07) is 8.41. The van der Waals surface area contributed by atoms with E-state index < -0.39 is 0 Å². The van der Waals surface area contributed by atoms with Gasteiger partial charge in [0.25, 0.3) is 5.56 Å². The number of benzene rings is 1.